The number of amides is 2. The highest BCUT2D eigenvalue weighted by Crippen LogP contribution is 2.54. The lowest BCUT2D eigenvalue weighted by molar-refractivity contribution is -0.137. The third-order valence-electron chi connectivity index (χ3n) is 8.17. The molecule has 210 valence electrons. The van der Waals surface area contributed by atoms with E-state index in [0.29, 0.717) is 31.0 Å². The molecule has 4 unspecified atom stereocenters. The van der Waals surface area contributed by atoms with Crippen molar-refractivity contribution in [1.29, 1.82) is 0 Å². The number of nitrogens with one attached hydrogen (secondary N) is 2. The molecule has 2 amide bonds. The van der Waals surface area contributed by atoms with Crippen LogP contribution in [-0.2, 0) is 20.8 Å². The van der Waals surface area contributed by atoms with Gasteiger partial charge in [0.2, 0.25) is 5.91 Å². The van der Waals surface area contributed by atoms with E-state index in [4.69, 9.17) is 0 Å². The van der Waals surface area contributed by atoms with Crippen molar-refractivity contribution in [3.63, 3.8) is 0 Å². The molecular weight excluding hydrogens is 538 g/mol. The molecule has 3 fully saturated rings. The van der Waals surface area contributed by atoms with Crippen LogP contribution in [0.3, 0.4) is 0 Å². The van der Waals surface area contributed by atoms with Crippen LogP contribution in [0.15, 0.2) is 41.3 Å². The smallest absolute Gasteiger partial charge is 0.387 e. The zero-order valence-corrected chi connectivity index (χ0v) is 22.4. The molecule has 2 saturated carbocycles. The Hall–Kier alpha value is -3.15. The summed E-state index contributed by atoms with van der Waals surface area (Å²) in [5.41, 5.74) is -0.606. The number of benzene rings is 2. The van der Waals surface area contributed by atoms with Gasteiger partial charge in [0.05, 0.1) is 22.1 Å². The number of hydrogen-bond donors (Lipinski definition) is 2. The zero-order chi connectivity index (χ0) is 28.4. The van der Waals surface area contributed by atoms with Crippen molar-refractivity contribution in [3.05, 3.63) is 58.9 Å². The van der Waals surface area contributed by atoms with Gasteiger partial charge in [-0.2, -0.15) is 13.2 Å². The lowest BCUT2D eigenvalue weighted by Gasteiger charge is -2.30. The average Bonchev–Trinajstić information content (AvgIpc) is 3.77. The van der Waals surface area contributed by atoms with Crippen LogP contribution in [0.4, 0.5) is 23.2 Å². The van der Waals surface area contributed by atoms with Crippen molar-refractivity contribution in [3.8, 4) is 0 Å². The second kappa shape index (κ2) is 9.50. The first-order valence-electron chi connectivity index (χ1n) is 12.7. The molecule has 0 radical (unpaired) electrons. The molecule has 0 bridgehead atoms. The molecule has 0 aromatic heterocycles. The van der Waals surface area contributed by atoms with E-state index in [1.165, 1.54) is 23.1 Å². The molecule has 3 aliphatic rings. The monoisotopic (exact) mass is 567 g/mol. The summed E-state index contributed by atoms with van der Waals surface area (Å²) >= 11 is 0. The van der Waals surface area contributed by atoms with Crippen molar-refractivity contribution in [1.82, 2.24) is 10.2 Å². The molecule has 12 heteroatoms. The van der Waals surface area contributed by atoms with Crippen LogP contribution in [0.1, 0.15) is 53.7 Å². The molecule has 2 aromatic rings. The van der Waals surface area contributed by atoms with Gasteiger partial charge in [0.15, 0.2) is 9.84 Å². The highest BCUT2D eigenvalue weighted by atomic mass is 32.2. The summed E-state index contributed by atoms with van der Waals surface area (Å²) in [6.07, 6.45) is -1.90. The van der Waals surface area contributed by atoms with E-state index in [1.807, 2.05) is 6.92 Å². The lowest BCUT2D eigenvalue weighted by Crippen LogP contribution is -2.49. The summed E-state index contributed by atoms with van der Waals surface area (Å²) in [7, 11) is -2.00. The maximum absolute atomic E-state index is 14.8. The van der Waals surface area contributed by atoms with Gasteiger partial charge in [0, 0.05) is 30.6 Å². The molecule has 0 spiro atoms. The zero-order valence-electron chi connectivity index (χ0n) is 21.5. The van der Waals surface area contributed by atoms with Crippen molar-refractivity contribution >= 4 is 27.3 Å². The van der Waals surface area contributed by atoms with Crippen LogP contribution in [0.2, 0.25) is 0 Å². The van der Waals surface area contributed by atoms with Crippen LogP contribution >= 0.6 is 0 Å². The molecular formula is C27H29F4N3O4S. The van der Waals surface area contributed by atoms with Crippen molar-refractivity contribution < 1.29 is 35.6 Å². The van der Waals surface area contributed by atoms with Gasteiger partial charge < -0.3 is 15.5 Å². The number of carbonyl (C=O) groups excluding carboxylic acids is 2. The van der Waals surface area contributed by atoms with Crippen LogP contribution in [0.25, 0.3) is 0 Å². The second-order valence-corrected chi connectivity index (χ2v) is 12.8. The largest absolute Gasteiger partial charge is 0.416 e. The Morgan fingerprint density at radius 2 is 1.79 bits per heavy atom. The van der Waals surface area contributed by atoms with E-state index in [0.717, 1.165) is 18.4 Å². The highest BCUT2D eigenvalue weighted by molar-refractivity contribution is 7.90. The van der Waals surface area contributed by atoms with E-state index < -0.39 is 51.3 Å². The fraction of sp³-hybridized carbons (Fsp3) is 0.481. The quantitative estimate of drug-likeness (QED) is 0.484. The summed E-state index contributed by atoms with van der Waals surface area (Å²) in [5, 5.41) is 5.72. The number of sulfone groups is 1. The maximum Gasteiger partial charge on any atom is 0.416 e. The van der Waals surface area contributed by atoms with Gasteiger partial charge in [0.1, 0.15) is 11.9 Å². The summed E-state index contributed by atoms with van der Waals surface area (Å²) in [6, 6.07) is 4.58. The Morgan fingerprint density at radius 1 is 1.10 bits per heavy atom. The average molecular weight is 568 g/mol. The second-order valence-electron chi connectivity index (χ2n) is 10.8. The fourth-order valence-electron chi connectivity index (χ4n) is 5.80. The molecule has 2 N–H and O–H groups in total. The molecule has 2 aliphatic carbocycles. The van der Waals surface area contributed by atoms with E-state index in [9.17, 15) is 35.6 Å². The number of anilines is 1. The predicted molar refractivity (Wildman–Crippen MR) is 135 cm³/mol. The minimum atomic E-state index is -4.69. The standard InChI is InChI=1S/C27H29F4N3O4S/c1-13-18-12-22(34(24(13)18)26(36)19-11-16(39(3,37)38)7-9-21(19)32-2)25(35)33-23(14-4-5-14)17-8-6-15(10-20(17)28)27(29,30)31/h6-11,13-14,18,22-24,32H,4-5,12H2,1-3H3,(H,33,35)/t13?,18?,22-,23?,24?/m1/s1. The third-order valence-corrected chi connectivity index (χ3v) is 9.28. The van der Waals surface area contributed by atoms with E-state index in [-0.39, 0.29) is 39.8 Å². The van der Waals surface area contributed by atoms with E-state index >= 15 is 0 Å². The Labute approximate surface area is 223 Å². The minimum absolute atomic E-state index is 0.0217. The van der Waals surface area contributed by atoms with E-state index in [2.05, 4.69) is 10.6 Å². The number of alkyl halides is 3. The lowest BCUT2D eigenvalue weighted by atomic mass is 9.98. The minimum Gasteiger partial charge on any atom is -0.387 e. The molecule has 7 nitrogen and oxygen atoms in total. The first-order chi connectivity index (χ1) is 18.2. The summed E-state index contributed by atoms with van der Waals surface area (Å²) in [5.74, 6) is -1.94. The Kier molecular flexibility index (Phi) is 6.68. The molecule has 39 heavy (non-hydrogen) atoms. The van der Waals surface area contributed by atoms with Gasteiger partial charge in [-0.15, -0.1) is 0 Å². The van der Waals surface area contributed by atoms with Crippen LogP contribution in [-0.4, -0.2) is 50.5 Å². The fourth-order valence-corrected chi connectivity index (χ4v) is 6.44. The summed E-state index contributed by atoms with van der Waals surface area (Å²) < 4.78 is 78.3. The van der Waals surface area contributed by atoms with E-state index in [1.54, 1.807) is 7.05 Å². The first kappa shape index (κ1) is 27.4. The Bertz CT molecular complexity index is 1440. The van der Waals surface area contributed by atoms with Gasteiger partial charge in [-0.05, 0) is 67.3 Å². The third kappa shape index (κ3) is 5.10. The summed E-state index contributed by atoms with van der Waals surface area (Å²) in [4.78, 5) is 28.9. The first-order valence-corrected chi connectivity index (χ1v) is 14.6. The predicted octanol–water partition coefficient (Wildman–Crippen LogP) is 4.41. The number of piperidine rings is 1. The number of rotatable bonds is 7. The van der Waals surface area contributed by atoms with Crippen LogP contribution in [0.5, 0.6) is 0 Å². The van der Waals surface area contributed by atoms with Gasteiger partial charge in [0.25, 0.3) is 5.91 Å². The number of halogens is 4. The van der Waals surface area contributed by atoms with Crippen molar-refractivity contribution in [2.24, 2.45) is 17.8 Å². The van der Waals surface area contributed by atoms with Gasteiger partial charge in [-0.3, -0.25) is 9.59 Å². The topological polar surface area (TPSA) is 95.6 Å². The molecule has 1 aliphatic heterocycles. The molecule has 5 atom stereocenters. The molecule has 5 rings (SSSR count). The van der Waals surface area contributed by atoms with Gasteiger partial charge in [-0.25, -0.2) is 12.8 Å². The number of hydrogen-bond acceptors (Lipinski definition) is 5. The molecule has 1 heterocycles. The van der Waals surface area contributed by atoms with Crippen LogP contribution in [0, 0.1) is 23.6 Å². The molecule has 2 aromatic carbocycles. The van der Waals surface area contributed by atoms with Crippen LogP contribution < -0.4 is 10.6 Å². The number of likely N-dealkylation sites (tertiary alicyclic amines) is 1. The number of nitrogens with zero attached hydrogens (tertiary/aromatic N) is 1. The molecule has 1 saturated heterocycles. The maximum atomic E-state index is 14.8. The van der Waals surface area contributed by atoms with Crippen molar-refractivity contribution in [2.45, 2.75) is 55.4 Å². The van der Waals surface area contributed by atoms with Gasteiger partial charge >= 0.3 is 6.18 Å². The number of fused-ring (bicyclic) bond motifs is 1. The van der Waals surface area contributed by atoms with Gasteiger partial charge in [-0.1, -0.05) is 13.0 Å². The van der Waals surface area contributed by atoms with Crippen molar-refractivity contribution in [2.75, 3.05) is 18.6 Å². The highest BCUT2D eigenvalue weighted by Gasteiger charge is 2.62. The Balaban J connectivity index is 1.43. The Morgan fingerprint density at radius 3 is 2.36 bits per heavy atom. The normalized spacial score (nSPS) is 25.2. The number of carbonyl (C=O) groups is 2. The SMILES string of the molecule is CNc1ccc(S(C)(=O)=O)cc1C(=O)N1C2C(C)C2C[C@@H]1C(=O)NC(c1ccc(C(F)(F)F)cc1F)C1CC1. The summed E-state index contributed by atoms with van der Waals surface area (Å²) in [6.45, 7) is 1.97.